The van der Waals surface area contributed by atoms with E-state index in [0.29, 0.717) is 0 Å². The summed E-state index contributed by atoms with van der Waals surface area (Å²) in [6, 6.07) is 10.4. The molecule has 4 rings (SSSR count). The van der Waals surface area contributed by atoms with Gasteiger partial charge in [-0.15, -0.1) is 0 Å². The van der Waals surface area contributed by atoms with Crippen molar-refractivity contribution in [2.45, 2.75) is 32.3 Å². The Kier molecular flexibility index (Phi) is 5.00. The first-order chi connectivity index (χ1) is 13.9. The lowest BCUT2D eigenvalue weighted by Crippen LogP contribution is -2.14. The molecule has 3 aromatic rings. The molecule has 0 aliphatic heterocycles. The lowest BCUT2D eigenvalue weighted by molar-refractivity contribution is 0.143. The normalized spacial score (nSPS) is 16.6. The molecule has 0 spiro atoms. The lowest BCUT2D eigenvalue weighted by atomic mass is 9.95. The quantitative estimate of drug-likeness (QED) is 0.656. The number of aryl methyl sites for hydroxylation is 1. The first-order valence-electron chi connectivity index (χ1n) is 9.72. The van der Waals surface area contributed by atoms with E-state index in [9.17, 15) is 5.11 Å². The van der Waals surface area contributed by atoms with E-state index in [1.165, 1.54) is 11.1 Å². The SMILES string of the molecule is COC1=C/CCc2ccc(-c3cnn4cccc(C#CC(C)(C)O)c34)cc2/C=C\1. The molecule has 1 aliphatic carbocycles. The van der Waals surface area contributed by atoms with Gasteiger partial charge in [-0.1, -0.05) is 30.0 Å². The molecule has 2 heterocycles. The number of nitrogens with zero attached hydrogens (tertiary/aromatic N) is 2. The van der Waals surface area contributed by atoms with Crippen LogP contribution in [0.1, 0.15) is 37.0 Å². The van der Waals surface area contributed by atoms with Crippen LogP contribution in [0.5, 0.6) is 0 Å². The van der Waals surface area contributed by atoms with Crippen molar-refractivity contribution in [3.8, 4) is 23.0 Å². The molecule has 2 aromatic heterocycles. The minimum Gasteiger partial charge on any atom is -0.497 e. The lowest BCUT2D eigenvalue weighted by Gasteiger charge is -2.12. The average Bonchev–Trinajstić information content (AvgIpc) is 3.11. The van der Waals surface area contributed by atoms with Gasteiger partial charge in [-0.05, 0) is 73.7 Å². The number of benzene rings is 1. The molecule has 0 saturated carbocycles. The van der Waals surface area contributed by atoms with Gasteiger partial charge in [0.15, 0.2) is 0 Å². The molecule has 1 aliphatic rings. The van der Waals surface area contributed by atoms with Crippen molar-refractivity contribution in [1.29, 1.82) is 0 Å². The molecule has 0 amide bonds. The number of rotatable bonds is 2. The molecule has 0 saturated heterocycles. The van der Waals surface area contributed by atoms with Gasteiger partial charge in [0.05, 0.1) is 24.4 Å². The first kappa shape index (κ1) is 19.0. The monoisotopic (exact) mass is 384 g/mol. The van der Waals surface area contributed by atoms with Crippen molar-refractivity contribution >= 4 is 11.6 Å². The fourth-order valence-corrected chi connectivity index (χ4v) is 3.48. The topological polar surface area (TPSA) is 46.8 Å². The van der Waals surface area contributed by atoms with E-state index < -0.39 is 5.60 Å². The summed E-state index contributed by atoms with van der Waals surface area (Å²) < 4.78 is 7.23. The van der Waals surface area contributed by atoms with Crippen molar-refractivity contribution in [2.24, 2.45) is 0 Å². The molecule has 146 valence electrons. The Morgan fingerprint density at radius 3 is 2.86 bits per heavy atom. The maximum Gasteiger partial charge on any atom is 0.120 e. The van der Waals surface area contributed by atoms with Crippen LogP contribution < -0.4 is 0 Å². The number of ether oxygens (including phenoxy) is 1. The Labute approximate surface area is 171 Å². The molecule has 0 atom stereocenters. The van der Waals surface area contributed by atoms with Crippen LogP contribution in [0.2, 0.25) is 0 Å². The molecule has 4 heteroatoms. The van der Waals surface area contributed by atoms with Crippen molar-refractivity contribution in [3.63, 3.8) is 0 Å². The number of methoxy groups -OCH3 is 1. The largest absolute Gasteiger partial charge is 0.497 e. The van der Waals surface area contributed by atoms with Gasteiger partial charge in [0.1, 0.15) is 11.4 Å². The highest BCUT2D eigenvalue weighted by molar-refractivity contribution is 5.85. The van der Waals surface area contributed by atoms with Gasteiger partial charge in [0.2, 0.25) is 0 Å². The van der Waals surface area contributed by atoms with Gasteiger partial charge in [-0.25, -0.2) is 4.52 Å². The second-order valence-corrected chi connectivity index (χ2v) is 7.68. The van der Waals surface area contributed by atoms with E-state index in [1.807, 2.05) is 35.1 Å². The second kappa shape index (κ2) is 7.62. The van der Waals surface area contributed by atoms with Crippen LogP contribution in [0.25, 0.3) is 22.7 Å². The standard InChI is InChI=1S/C25H24N2O2/c1-25(2,28)14-13-19-7-5-15-27-24(19)23(17-26-27)21-10-9-18-6-4-8-22(29-3)12-11-20(18)16-21/h5,7-12,15-17,28H,4,6H2,1-3H3/b12-11-,22-8+. The molecule has 1 aromatic carbocycles. The number of aliphatic hydroxyl groups is 1. The van der Waals surface area contributed by atoms with Gasteiger partial charge in [-0.3, -0.25) is 0 Å². The fraction of sp³-hybridized carbons (Fsp3) is 0.240. The highest BCUT2D eigenvalue weighted by Gasteiger charge is 2.13. The summed E-state index contributed by atoms with van der Waals surface area (Å²) in [5.41, 5.74) is 5.34. The summed E-state index contributed by atoms with van der Waals surface area (Å²) in [6.45, 7) is 3.36. The van der Waals surface area contributed by atoms with Crippen LogP contribution in [0.4, 0.5) is 0 Å². The Morgan fingerprint density at radius 1 is 1.21 bits per heavy atom. The van der Waals surface area contributed by atoms with Crippen molar-refractivity contribution < 1.29 is 9.84 Å². The minimum atomic E-state index is -1.05. The molecule has 0 unspecified atom stereocenters. The summed E-state index contributed by atoms with van der Waals surface area (Å²) in [4.78, 5) is 0. The van der Waals surface area contributed by atoms with Gasteiger partial charge in [0, 0.05) is 11.8 Å². The molecule has 4 nitrogen and oxygen atoms in total. The zero-order chi connectivity index (χ0) is 20.4. The molecule has 0 fully saturated rings. The molecular formula is C25H24N2O2. The Balaban J connectivity index is 1.83. The average molecular weight is 384 g/mol. The van der Waals surface area contributed by atoms with Gasteiger partial charge in [-0.2, -0.15) is 5.10 Å². The van der Waals surface area contributed by atoms with Crippen LogP contribution in [-0.4, -0.2) is 27.4 Å². The van der Waals surface area contributed by atoms with Crippen molar-refractivity contribution in [1.82, 2.24) is 9.61 Å². The van der Waals surface area contributed by atoms with Crippen LogP contribution in [-0.2, 0) is 11.2 Å². The number of aromatic nitrogens is 2. The maximum atomic E-state index is 9.99. The van der Waals surface area contributed by atoms with E-state index in [-0.39, 0.29) is 0 Å². The highest BCUT2D eigenvalue weighted by atomic mass is 16.5. The van der Waals surface area contributed by atoms with Gasteiger partial charge < -0.3 is 9.84 Å². The smallest absolute Gasteiger partial charge is 0.120 e. The number of pyridine rings is 1. The van der Waals surface area contributed by atoms with Crippen LogP contribution in [0.15, 0.2) is 60.6 Å². The predicted molar refractivity (Wildman–Crippen MR) is 116 cm³/mol. The zero-order valence-electron chi connectivity index (χ0n) is 16.9. The molecule has 29 heavy (non-hydrogen) atoms. The van der Waals surface area contributed by atoms with Crippen LogP contribution in [0.3, 0.4) is 0 Å². The van der Waals surface area contributed by atoms with E-state index in [0.717, 1.165) is 40.8 Å². The third-order valence-corrected chi connectivity index (χ3v) is 4.92. The van der Waals surface area contributed by atoms with Crippen molar-refractivity contribution in [2.75, 3.05) is 7.11 Å². The van der Waals surface area contributed by atoms with Crippen molar-refractivity contribution in [3.05, 3.63) is 77.3 Å². The fourth-order valence-electron chi connectivity index (χ4n) is 3.48. The van der Waals surface area contributed by atoms with Gasteiger partial charge >= 0.3 is 0 Å². The van der Waals surface area contributed by atoms with E-state index in [1.54, 1.807) is 21.0 Å². The predicted octanol–water partition coefficient (Wildman–Crippen LogP) is 4.61. The first-order valence-corrected chi connectivity index (χ1v) is 9.72. The molecule has 0 radical (unpaired) electrons. The van der Waals surface area contributed by atoms with E-state index in [2.05, 4.69) is 47.3 Å². The summed E-state index contributed by atoms with van der Waals surface area (Å²) in [6.07, 6.45) is 12.0. The number of hydrogen-bond acceptors (Lipinski definition) is 3. The number of allylic oxidation sites excluding steroid dienone is 2. The second-order valence-electron chi connectivity index (χ2n) is 7.68. The van der Waals surface area contributed by atoms with E-state index >= 15 is 0 Å². The van der Waals surface area contributed by atoms with Crippen LogP contribution >= 0.6 is 0 Å². The molecular weight excluding hydrogens is 360 g/mol. The Bertz CT molecular complexity index is 1180. The number of fused-ring (bicyclic) bond motifs is 2. The third kappa shape index (κ3) is 4.11. The third-order valence-electron chi connectivity index (χ3n) is 4.92. The summed E-state index contributed by atoms with van der Waals surface area (Å²) in [7, 11) is 1.70. The number of hydrogen-bond donors (Lipinski definition) is 1. The zero-order valence-corrected chi connectivity index (χ0v) is 16.9. The molecule has 1 N–H and O–H groups in total. The minimum absolute atomic E-state index is 0.842. The Hall–Kier alpha value is -3.29. The maximum absolute atomic E-state index is 9.99. The van der Waals surface area contributed by atoms with Gasteiger partial charge in [0.25, 0.3) is 0 Å². The summed E-state index contributed by atoms with van der Waals surface area (Å²) >= 11 is 0. The molecule has 0 bridgehead atoms. The summed E-state index contributed by atoms with van der Waals surface area (Å²) in [5.74, 6) is 6.92. The summed E-state index contributed by atoms with van der Waals surface area (Å²) in [5, 5.41) is 14.5. The van der Waals surface area contributed by atoms with E-state index in [4.69, 9.17) is 4.74 Å². The highest BCUT2D eigenvalue weighted by Crippen LogP contribution is 2.30. The van der Waals surface area contributed by atoms with Crippen LogP contribution in [0, 0.1) is 11.8 Å². The Morgan fingerprint density at radius 2 is 2.07 bits per heavy atom.